The Bertz CT molecular complexity index is 183. The van der Waals surface area contributed by atoms with E-state index in [9.17, 15) is 0 Å². The van der Waals surface area contributed by atoms with Gasteiger partial charge in [0.2, 0.25) is 0 Å². The van der Waals surface area contributed by atoms with Gasteiger partial charge in [-0.1, -0.05) is 20.8 Å². The van der Waals surface area contributed by atoms with Gasteiger partial charge in [0.25, 0.3) is 0 Å². The highest BCUT2D eigenvalue weighted by atomic mass is 16.5. The molecule has 0 spiro atoms. The Hall–Kier alpha value is -0.0800. The second-order valence-corrected chi connectivity index (χ2v) is 5.71. The maximum atomic E-state index is 5.18. The summed E-state index contributed by atoms with van der Waals surface area (Å²) in [7, 11) is 3.95. The summed E-state index contributed by atoms with van der Waals surface area (Å²) in [6, 6.07) is 0.733. The van der Waals surface area contributed by atoms with Crippen molar-refractivity contribution < 1.29 is 4.74 Å². The lowest BCUT2D eigenvalue weighted by molar-refractivity contribution is 0.0152. The third-order valence-corrected chi connectivity index (χ3v) is 4.45. The summed E-state index contributed by atoms with van der Waals surface area (Å²) in [6.45, 7) is 7.94. The first-order valence-corrected chi connectivity index (χ1v) is 6.19. The summed E-state index contributed by atoms with van der Waals surface area (Å²) in [4.78, 5) is 2.35. The van der Waals surface area contributed by atoms with E-state index in [4.69, 9.17) is 4.74 Å². The molecule has 0 radical (unpaired) electrons. The minimum atomic E-state index is 0.574. The highest BCUT2D eigenvalue weighted by Gasteiger charge is 2.34. The molecule has 2 heteroatoms. The number of rotatable bonds is 4. The Kier molecular flexibility index (Phi) is 4.60. The molecule has 15 heavy (non-hydrogen) atoms. The Morgan fingerprint density at radius 2 is 1.87 bits per heavy atom. The molecule has 1 fully saturated rings. The molecule has 1 aliphatic rings. The van der Waals surface area contributed by atoms with Crippen LogP contribution >= 0.6 is 0 Å². The van der Waals surface area contributed by atoms with Crippen LogP contribution in [0.25, 0.3) is 0 Å². The standard InChI is InChI=1S/C13H27NO/c1-11(2)13(3)8-6-12(7-9-13)14(4)10-15-5/h11-12H,6-10H2,1-5H3/t12-,13-. The third-order valence-electron chi connectivity index (χ3n) is 4.45. The van der Waals surface area contributed by atoms with Gasteiger partial charge >= 0.3 is 0 Å². The van der Waals surface area contributed by atoms with E-state index in [1.165, 1.54) is 25.7 Å². The lowest BCUT2D eigenvalue weighted by atomic mass is 9.67. The van der Waals surface area contributed by atoms with E-state index in [-0.39, 0.29) is 0 Å². The zero-order chi connectivity index (χ0) is 11.5. The number of hydrogen-bond donors (Lipinski definition) is 0. The van der Waals surface area contributed by atoms with Crippen LogP contribution < -0.4 is 0 Å². The summed E-state index contributed by atoms with van der Waals surface area (Å²) in [5.41, 5.74) is 0.574. The van der Waals surface area contributed by atoms with Gasteiger partial charge < -0.3 is 4.74 Å². The molecule has 1 saturated carbocycles. The summed E-state index contributed by atoms with van der Waals surface area (Å²) < 4.78 is 5.18. The van der Waals surface area contributed by atoms with Gasteiger partial charge in [-0.3, -0.25) is 4.90 Å². The molecule has 0 bridgehead atoms. The number of hydrogen-bond acceptors (Lipinski definition) is 2. The molecule has 0 aliphatic heterocycles. The van der Waals surface area contributed by atoms with Crippen molar-refractivity contribution in [2.45, 2.75) is 52.5 Å². The first kappa shape index (κ1) is 13.0. The van der Waals surface area contributed by atoms with E-state index in [0.29, 0.717) is 5.41 Å². The van der Waals surface area contributed by atoms with Crippen molar-refractivity contribution in [2.24, 2.45) is 11.3 Å². The van der Waals surface area contributed by atoms with Crippen molar-refractivity contribution in [3.05, 3.63) is 0 Å². The van der Waals surface area contributed by atoms with Gasteiger partial charge in [-0.2, -0.15) is 0 Å². The Morgan fingerprint density at radius 3 is 2.27 bits per heavy atom. The quantitative estimate of drug-likeness (QED) is 0.665. The monoisotopic (exact) mass is 213 g/mol. The second-order valence-electron chi connectivity index (χ2n) is 5.71. The fourth-order valence-corrected chi connectivity index (χ4v) is 2.59. The van der Waals surface area contributed by atoms with Crippen LogP contribution in [0.15, 0.2) is 0 Å². The SMILES string of the molecule is COCN(C)[C@H]1CC[C@](C)(C(C)C)CC1. The smallest absolute Gasteiger partial charge is 0.0986 e. The molecule has 0 heterocycles. The number of nitrogens with zero attached hydrogens (tertiary/aromatic N) is 1. The van der Waals surface area contributed by atoms with Gasteiger partial charge in [-0.05, 0) is 44.1 Å². The van der Waals surface area contributed by atoms with E-state index in [2.05, 4.69) is 32.7 Å². The highest BCUT2D eigenvalue weighted by Crippen LogP contribution is 2.42. The predicted octanol–water partition coefficient (Wildman–Crippen LogP) is 3.13. The first-order valence-electron chi connectivity index (χ1n) is 6.19. The highest BCUT2D eigenvalue weighted by molar-refractivity contribution is 4.87. The number of methoxy groups -OCH3 is 1. The van der Waals surface area contributed by atoms with Gasteiger partial charge in [0.05, 0.1) is 6.73 Å². The minimum Gasteiger partial charge on any atom is -0.369 e. The summed E-state index contributed by atoms with van der Waals surface area (Å²) in [5, 5.41) is 0. The van der Waals surface area contributed by atoms with E-state index in [0.717, 1.165) is 18.7 Å². The van der Waals surface area contributed by atoms with Gasteiger partial charge in [-0.25, -0.2) is 0 Å². The van der Waals surface area contributed by atoms with E-state index < -0.39 is 0 Å². The molecule has 0 N–H and O–H groups in total. The molecule has 0 aromatic rings. The van der Waals surface area contributed by atoms with Crippen LogP contribution in [0, 0.1) is 11.3 Å². The van der Waals surface area contributed by atoms with Crippen molar-refractivity contribution in [2.75, 3.05) is 20.9 Å². The van der Waals surface area contributed by atoms with Crippen molar-refractivity contribution in [3.8, 4) is 0 Å². The van der Waals surface area contributed by atoms with Crippen LogP contribution in [0.3, 0.4) is 0 Å². The first-order chi connectivity index (χ1) is 6.99. The Morgan fingerprint density at radius 1 is 1.33 bits per heavy atom. The van der Waals surface area contributed by atoms with Crippen LogP contribution in [0.5, 0.6) is 0 Å². The largest absolute Gasteiger partial charge is 0.369 e. The van der Waals surface area contributed by atoms with Crippen LogP contribution in [-0.2, 0) is 4.74 Å². The lowest BCUT2D eigenvalue weighted by Crippen LogP contribution is -2.40. The van der Waals surface area contributed by atoms with Gasteiger partial charge in [0.15, 0.2) is 0 Å². The summed E-state index contributed by atoms with van der Waals surface area (Å²) in [6.07, 6.45) is 5.38. The zero-order valence-electron chi connectivity index (χ0n) is 11.0. The summed E-state index contributed by atoms with van der Waals surface area (Å²) in [5.74, 6) is 0.811. The van der Waals surface area contributed by atoms with Crippen LogP contribution in [0.4, 0.5) is 0 Å². The lowest BCUT2D eigenvalue weighted by Gasteiger charge is -2.43. The molecule has 0 amide bonds. The maximum absolute atomic E-state index is 5.18. The third kappa shape index (κ3) is 3.18. The van der Waals surface area contributed by atoms with Crippen molar-refractivity contribution in [1.29, 1.82) is 0 Å². The zero-order valence-corrected chi connectivity index (χ0v) is 11.0. The van der Waals surface area contributed by atoms with Crippen LogP contribution in [0.2, 0.25) is 0 Å². The van der Waals surface area contributed by atoms with E-state index >= 15 is 0 Å². The molecule has 0 aromatic heterocycles. The van der Waals surface area contributed by atoms with Crippen LogP contribution in [-0.4, -0.2) is 31.8 Å². The predicted molar refractivity (Wildman–Crippen MR) is 64.8 cm³/mol. The van der Waals surface area contributed by atoms with E-state index in [1.54, 1.807) is 7.11 Å². The Balaban J connectivity index is 2.41. The fraction of sp³-hybridized carbons (Fsp3) is 1.00. The van der Waals surface area contributed by atoms with Gasteiger partial charge in [-0.15, -0.1) is 0 Å². The van der Waals surface area contributed by atoms with Crippen molar-refractivity contribution in [3.63, 3.8) is 0 Å². The fourth-order valence-electron chi connectivity index (χ4n) is 2.59. The molecule has 2 nitrogen and oxygen atoms in total. The molecule has 0 aromatic carbocycles. The summed E-state index contributed by atoms with van der Waals surface area (Å²) >= 11 is 0. The average molecular weight is 213 g/mol. The average Bonchev–Trinajstić information content (AvgIpc) is 2.19. The van der Waals surface area contributed by atoms with Gasteiger partial charge in [0, 0.05) is 13.2 Å². The molecule has 1 rings (SSSR count). The normalized spacial score (nSPS) is 32.6. The molecule has 0 atom stereocenters. The van der Waals surface area contributed by atoms with Crippen LogP contribution in [0.1, 0.15) is 46.5 Å². The maximum Gasteiger partial charge on any atom is 0.0986 e. The van der Waals surface area contributed by atoms with Gasteiger partial charge in [0.1, 0.15) is 0 Å². The second kappa shape index (κ2) is 5.31. The minimum absolute atomic E-state index is 0.574. The topological polar surface area (TPSA) is 12.5 Å². The Labute approximate surface area is 95.0 Å². The van der Waals surface area contributed by atoms with Crippen molar-refractivity contribution >= 4 is 0 Å². The molecule has 1 aliphatic carbocycles. The van der Waals surface area contributed by atoms with Crippen molar-refractivity contribution in [1.82, 2.24) is 4.90 Å². The molecule has 90 valence electrons. The van der Waals surface area contributed by atoms with E-state index in [1.807, 2.05) is 0 Å². The molecule has 0 unspecified atom stereocenters. The molecular formula is C13H27NO. The molecular weight excluding hydrogens is 186 g/mol. The molecule has 0 saturated heterocycles. The number of ether oxygens (including phenoxy) is 1.